The first kappa shape index (κ1) is 15.1. The van der Waals surface area contributed by atoms with E-state index in [4.69, 9.17) is 9.52 Å². The summed E-state index contributed by atoms with van der Waals surface area (Å²) in [6.07, 6.45) is 0. The van der Waals surface area contributed by atoms with Crippen LogP contribution in [0, 0.1) is 20.8 Å². The van der Waals surface area contributed by atoms with Crippen LogP contribution in [-0.4, -0.2) is 19.5 Å². The lowest BCUT2D eigenvalue weighted by Crippen LogP contribution is -2.15. The summed E-state index contributed by atoms with van der Waals surface area (Å²) in [5, 5.41) is 8.86. The van der Waals surface area contributed by atoms with E-state index < -0.39 is 21.8 Å². The van der Waals surface area contributed by atoms with Gasteiger partial charge in [0.25, 0.3) is 10.0 Å². The molecule has 1 aromatic heterocycles. The Balaban J connectivity index is 2.46. The van der Waals surface area contributed by atoms with Crippen molar-refractivity contribution in [3.8, 4) is 0 Å². The van der Waals surface area contributed by atoms with Crippen LogP contribution in [0.1, 0.15) is 27.4 Å². The number of sulfonamides is 1. The predicted molar refractivity (Wildman–Crippen MR) is 77.1 cm³/mol. The highest BCUT2D eigenvalue weighted by atomic mass is 32.2. The zero-order chi connectivity index (χ0) is 15.8. The van der Waals surface area contributed by atoms with Gasteiger partial charge in [0.05, 0.1) is 5.69 Å². The first-order chi connectivity index (χ1) is 9.72. The molecule has 0 atom stereocenters. The first-order valence-electron chi connectivity index (χ1n) is 6.15. The first-order valence-corrected chi connectivity index (χ1v) is 7.63. The average molecular weight is 309 g/mol. The van der Waals surface area contributed by atoms with Gasteiger partial charge in [-0.25, -0.2) is 13.2 Å². The number of hydrogen-bond donors (Lipinski definition) is 2. The van der Waals surface area contributed by atoms with Gasteiger partial charge in [-0.3, -0.25) is 4.72 Å². The number of carbonyl (C=O) groups is 1. The van der Waals surface area contributed by atoms with Gasteiger partial charge in [0.15, 0.2) is 0 Å². The smallest absolute Gasteiger partial charge is 0.371 e. The van der Waals surface area contributed by atoms with Gasteiger partial charge in [-0.1, -0.05) is 18.2 Å². The molecule has 0 unspecified atom stereocenters. The monoisotopic (exact) mass is 309 g/mol. The summed E-state index contributed by atoms with van der Waals surface area (Å²) >= 11 is 0. The second-order valence-electron chi connectivity index (χ2n) is 4.71. The number of furan rings is 1. The molecule has 21 heavy (non-hydrogen) atoms. The second kappa shape index (κ2) is 5.25. The highest BCUT2D eigenvalue weighted by molar-refractivity contribution is 7.92. The molecule has 0 saturated heterocycles. The van der Waals surface area contributed by atoms with Gasteiger partial charge in [0, 0.05) is 6.07 Å². The molecule has 0 aliphatic rings. The van der Waals surface area contributed by atoms with E-state index in [0.29, 0.717) is 5.69 Å². The van der Waals surface area contributed by atoms with Crippen molar-refractivity contribution in [3.63, 3.8) is 0 Å². The van der Waals surface area contributed by atoms with E-state index in [9.17, 15) is 13.2 Å². The van der Waals surface area contributed by atoms with Gasteiger partial charge in [-0.15, -0.1) is 0 Å². The maximum absolute atomic E-state index is 12.4. The van der Waals surface area contributed by atoms with Gasteiger partial charge >= 0.3 is 5.97 Å². The largest absolute Gasteiger partial charge is 0.475 e. The molecule has 112 valence electrons. The number of nitrogens with one attached hydrogen (secondary N) is 1. The Morgan fingerprint density at radius 1 is 1.19 bits per heavy atom. The molecule has 0 bridgehead atoms. The van der Waals surface area contributed by atoms with Gasteiger partial charge in [-0.05, 0) is 31.9 Å². The van der Waals surface area contributed by atoms with E-state index in [2.05, 4.69) is 4.72 Å². The van der Waals surface area contributed by atoms with E-state index in [-0.39, 0.29) is 10.7 Å². The van der Waals surface area contributed by atoms with Crippen LogP contribution in [0.4, 0.5) is 5.69 Å². The van der Waals surface area contributed by atoms with Crippen LogP contribution in [0.25, 0.3) is 0 Å². The van der Waals surface area contributed by atoms with Crippen molar-refractivity contribution in [2.24, 2.45) is 0 Å². The molecule has 0 aliphatic carbocycles. The average Bonchev–Trinajstić information content (AvgIpc) is 2.77. The number of aryl methyl sites for hydroxylation is 3. The molecule has 0 aliphatic heterocycles. The Morgan fingerprint density at radius 2 is 1.76 bits per heavy atom. The van der Waals surface area contributed by atoms with E-state index in [1.807, 2.05) is 6.07 Å². The third kappa shape index (κ3) is 2.92. The van der Waals surface area contributed by atoms with Crippen LogP contribution < -0.4 is 4.72 Å². The molecule has 1 heterocycles. The van der Waals surface area contributed by atoms with E-state index in [1.165, 1.54) is 6.92 Å². The Kier molecular flexibility index (Phi) is 3.78. The van der Waals surface area contributed by atoms with Crippen molar-refractivity contribution in [3.05, 3.63) is 46.9 Å². The van der Waals surface area contributed by atoms with E-state index >= 15 is 0 Å². The summed E-state index contributed by atoms with van der Waals surface area (Å²) in [5.41, 5.74) is 2.03. The molecule has 0 amide bonds. The summed E-state index contributed by atoms with van der Waals surface area (Å²) in [7, 11) is -3.91. The lowest BCUT2D eigenvalue weighted by molar-refractivity contribution is 0.0661. The second-order valence-corrected chi connectivity index (χ2v) is 6.36. The fraction of sp³-hybridized carbons (Fsp3) is 0.214. The van der Waals surface area contributed by atoms with Crippen molar-refractivity contribution in [1.29, 1.82) is 0 Å². The Hall–Kier alpha value is -2.28. The summed E-state index contributed by atoms with van der Waals surface area (Å²) < 4.78 is 32.2. The van der Waals surface area contributed by atoms with Crippen molar-refractivity contribution in [1.82, 2.24) is 0 Å². The quantitative estimate of drug-likeness (QED) is 0.905. The topological polar surface area (TPSA) is 96.6 Å². The van der Waals surface area contributed by atoms with Crippen molar-refractivity contribution < 1.29 is 22.7 Å². The molecule has 0 spiro atoms. The Labute approximate surface area is 122 Å². The number of carboxylic acid groups (broad SMARTS) is 1. The number of rotatable bonds is 4. The molecule has 7 heteroatoms. The number of benzene rings is 1. The highest BCUT2D eigenvalue weighted by Crippen LogP contribution is 2.26. The third-order valence-electron chi connectivity index (χ3n) is 3.09. The molecule has 6 nitrogen and oxygen atoms in total. The normalized spacial score (nSPS) is 11.4. The van der Waals surface area contributed by atoms with Gasteiger partial charge < -0.3 is 9.52 Å². The summed E-state index contributed by atoms with van der Waals surface area (Å²) in [6.45, 7) is 4.98. The molecule has 2 aromatic rings. The zero-order valence-corrected chi connectivity index (χ0v) is 12.6. The molecule has 0 fully saturated rings. The predicted octanol–water partition coefficient (Wildman–Crippen LogP) is 2.70. The van der Waals surface area contributed by atoms with Crippen LogP contribution in [0.3, 0.4) is 0 Å². The minimum atomic E-state index is -3.91. The van der Waals surface area contributed by atoms with Gasteiger partial charge in [-0.2, -0.15) is 0 Å². The SMILES string of the molecule is Cc1cccc(C)c1NS(=O)(=O)c1cc(C(=O)O)oc1C. The van der Waals surface area contributed by atoms with Crippen LogP contribution in [0.15, 0.2) is 33.6 Å². The number of anilines is 1. The fourth-order valence-electron chi connectivity index (χ4n) is 2.00. The third-order valence-corrected chi connectivity index (χ3v) is 4.55. The molecular formula is C14H15NO5S. The van der Waals surface area contributed by atoms with Crippen molar-refractivity contribution in [2.45, 2.75) is 25.7 Å². The Morgan fingerprint density at radius 3 is 2.24 bits per heavy atom. The Bertz CT molecular complexity index is 785. The minimum Gasteiger partial charge on any atom is -0.475 e. The zero-order valence-electron chi connectivity index (χ0n) is 11.8. The maximum Gasteiger partial charge on any atom is 0.371 e. The maximum atomic E-state index is 12.4. The van der Waals surface area contributed by atoms with Crippen LogP contribution in [0.5, 0.6) is 0 Å². The van der Waals surface area contributed by atoms with Crippen molar-refractivity contribution >= 4 is 21.7 Å². The van der Waals surface area contributed by atoms with Crippen LogP contribution in [0.2, 0.25) is 0 Å². The summed E-state index contributed by atoms with van der Waals surface area (Å²) in [6, 6.07) is 6.41. The molecule has 0 saturated carbocycles. The number of hydrogen-bond acceptors (Lipinski definition) is 4. The van der Waals surface area contributed by atoms with Gasteiger partial charge in [0.2, 0.25) is 5.76 Å². The van der Waals surface area contributed by atoms with Crippen LogP contribution >= 0.6 is 0 Å². The van der Waals surface area contributed by atoms with E-state index in [0.717, 1.165) is 17.2 Å². The van der Waals surface area contributed by atoms with Gasteiger partial charge in [0.1, 0.15) is 10.7 Å². The molecular weight excluding hydrogens is 294 g/mol. The van der Waals surface area contributed by atoms with Crippen LogP contribution in [-0.2, 0) is 10.0 Å². The summed E-state index contributed by atoms with van der Waals surface area (Å²) in [4.78, 5) is 10.7. The highest BCUT2D eigenvalue weighted by Gasteiger charge is 2.24. The molecule has 2 rings (SSSR count). The number of carboxylic acids is 1. The standard InChI is InChI=1S/C14H15NO5S/c1-8-5-4-6-9(2)13(8)15-21(18,19)12-7-11(14(16)17)20-10(12)3/h4-7,15H,1-3H3,(H,16,17). The fourth-order valence-corrected chi connectivity index (χ4v) is 3.39. The summed E-state index contributed by atoms with van der Waals surface area (Å²) in [5.74, 6) is -1.69. The number of para-hydroxylation sites is 1. The molecule has 1 aromatic carbocycles. The molecule has 0 radical (unpaired) electrons. The minimum absolute atomic E-state index is 0.0335. The molecule has 2 N–H and O–H groups in total. The lowest BCUT2D eigenvalue weighted by Gasteiger charge is -2.12. The van der Waals surface area contributed by atoms with Crippen molar-refractivity contribution in [2.75, 3.05) is 4.72 Å². The number of aromatic carboxylic acids is 1. The lowest BCUT2D eigenvalue weighted by atomic mass is 10.1. The van der Waals surface area contributed by atoms with E-state index in [1.54, 1.807) is 26.0 Å².